The smallest absolute Gasteiger partial charge is 0.151 e. The van der Waals surface area contributed by atoms with Crippen LogP contribution in [0.3, 0.4) is 0 Å². The number of halogens is 1. The molecular weight excluding hydrogens is 282 g/mol. The van der Waals surface area contributed by atoms with Crippen LogP contribution in [0.4, 0.5) is 0 Å². The summed E-state index contributed by atoms with van der Waals surface area (Å²) in [4.78, 5) is 10.6. The highest BCUT2D eigenvalue weighted by atomic mass is 79.9. The number of aromatic nitrogens is 3. The Kier molecular flexibility index (Phi) is 3.47. The second kappa shape index (κ2) is 4.87. The first-order chi connectivity index (χ1) is 8.15. The van der Waals surface area contributed by atoms with Gasteiger partial charge in [-0.05, 0) is 28.4 Å². The average molecular weight is 296 g/mol. The van der Waals surface area contributed by atoms with Gasteiger partial charge in [-0.25, -0.2) is 0 Å². The van der Waals surface area contributed by atoms with E-state index in [0.29, 0.717) is 12.1 Å². The third-order valence-electron chi connectivity index (χ3n) is 2.74. The fraction of sp³-hybridized carbons (Fsp3) is 0.333. The van der Waals surface area contributed by atoms with Crippen molar-refractivity contribution in [3.63, 3.8) is 0 Å². The molecular formula is C12H14BrN3O. The standard InChI is InChI=1S/C12H14BrN3O/c1-3-10-12(13)11(15(2)14-10)7-16-5-4-9(6-16)8-17/h4-6,8H,3,7H2,1-2H3. The Balaban J connectivity index is 2.29. The lowest BCUT2D eigenvalue weighted by molar-refractivity contribution is 0.112. The normalized spacial score (nSPS) is 10.8. The van der Waals surface area contributed by atoms with E-state index in [9.17, 15) is 4.79 Å². The summed E-state index contributed by atoms with van der Waals surface area (Å²) in [6, 6.07) is 1.80. The van der Waals surface area contributed by atoms with E-state index < -0.39 is 0 Å². The SMILES string of the molecule is CCc1nn(C)c(Cn2ccc(C=O)c2)c1Br. The van der Waals surface area contributed by atoms with E-state index in [2.05, 4.69) is 28.0 Å². The van der Waals surface area contributed by atoms with Crippen LogP contribution in [-0.4, -0.2) is 20.6 Å². The molecule has 4 nitrogen and oxygen atoms in total. The van der Waals surface area contributed by atoms with Crippen LogP contribution in [0.25, 0.3) is 0 Å². The van der Waals surface area contributed by atoms with Gasteiger partial charge in [0.1, 0.15) is 0 Å². The van der Waals surface area contributed by atoms with Crippen LogP contribution in [0, 0.1) is 0 Å². The van der Waals surface area contributed by atoms with Crippen molar-refractivity contribution in [3.8, 4) is 0 Å². The van der Waals surface area contributed by atoms with Gasteiger partial charge < -0.3 is 4.57 Å². The number of rotatable bonds is 4. The Morgan fingerprint density at radius 3 is 2.82 bits per heavy atom. The molecule has 5 heteroatoms. The maximum absolute atomic E-state index is 10.6. The Morgan fingerprint density at radius 2 is 2.29 bits per heavy atom. The topological polar surface area (TPSA) is 39.8 Å². The molecule has 0 saturated carbocycles. The molecule has 90 valence electrons. The Bertz CT molecular complexity index is 542. The molecule has 0 aliphatic heterocycles. The first-order valence-corrected chi connectivity index (χ1v) is 6.26. The number of nitrogens with zero attached hydrogens (tertiary/aromatic N) is 3. The zero-order valence-electron chi connectivity index (χ0n) is 9.85. The van der Waals surface area contributed by atoms with Gasteiger partial charge in [0.2, 0.25) is 0 Å². The Labute approximate surface area is 108 Å². The summed E-state index contributed by atoms with van der Waals surface area (Å²) in [5.41, 5.74) is 2.86. The molecule has 2 heterocycles. The molecule has 0 aliphatic rings. The van der Waals surface area contributed by atoms with Gasteiger partial charge in [0.15, 0.2) is 6.29 Å². The van der Waals surface area contributed by atoms with Crippen molar-refractivity contribution in [2.75, 3.05) is 0 Å². The highest BCUT2D eigenvalue weighted by Crippen LogP contribution is 2.22. The van der Waals surface area contributed by atoms with Crippen molar-refractivity contribution >= 4 is 22.2 Å². The van der Waals surface area contributed by atoms with Crippen LogP contribution in [0.5, 0.6) is 0 Å². The van der Waals surface area contributed by atoms with Crippen LogP contribution in [0.15, 0.2) is 22.9 Å². The molecule has 0 fully saturated rings. The number of aryl methyl sites for hydroxylation is 2. The second-order valence-electron chi connectivity index (χ2n) is 3.92. The summed E-state index contributed by atoms with van der Waals surface area (Å²) in [6.07, 6.45) is 5.48. The lowest BCUT2D eigenvalue weighted by Crippen LogP contribution is -2.04. The number of carbonyl (C=O) groups is 1. The molecule has 0 radical (unpaired) electrons. The number of hydrogen-bond donors (Lipinski definition) is 0. The van der Waals surface area contributed by atoms with Crippen molar-refractivity contribution in [2.45, 2.75) is 19.9 Å². The van der Waals surface area contributed by atoms with E-state index in [-0.39, 0.29) is 0 Å². The van der Waals surface area contributed by atoms with Gasteiger partial charge in [0.25, 0.3) is 0 Å². The molecule has 17 heavy (non-hydrogen) atoms. The van der Waals surface area contributed by atoms with Gasteiger partial charge in [-0.2, -0.15) is 5.10 Å². The molecule has 0 unspecified atom stereocenters. The van der Waals surface area contributed by atoms with Gasteiger partial charge in [-0.3, -0.25) is 9.48 Å². The van der Waals surface area contributed by atoms with Crippen molar-refractivity contribution < 1.29 is 4.79 Å². The molecule has 2 rings (SSSR count). The van der Waals surface area contributed by atoms with E-state index in [4.69, 9.17) is 0 Å². The van der Waals surface area contributed by atoms with Crippen molar-refractivity contribution in [3.05, 3.63) is 39.9 Å². The molecule has 0 aliphatic carbocycles. The monoisotopic (exact) mass is 295 g/mol. The Hall–Kier alpha value is -1.36. The fourth-order valence-electron chi connectivity index (χ4n) is 1.79. The molecule has 2 aromatic rings. The summed E-state index contributed by atoms with van der Waals surface area (Å²) in [5, 5.41) is 4.44. The van der Waals surface area contributed by atoms with Gasteiger partial charge in [0.05, 0.1) is 22.4 Å². The molecule has 0 amide bonds. The van der Waals surface area contributed by atoms with E-state index >= 15 is 0 Å². The number of carbonyl (C=O) groups excluding carboxylic acids is 1. The zero-order valence-corrected chi connectivity index (χ0v) is 11.4. The van der Waals surface area contributed by atoms with E-state index in [1.54, 1.807) is 6.07 Å². The first kappa shape index (κ1) is 12.1. The van der Waals surface area contributed by atoms with Crippen LogP contribution >= 0.6 is 15.9 Å². The van der Waals surface area contributed by atoms with Gasteiger partial charge >= 0.3 is 0 Å². The van der Waals surface area contributed by atoms with Crippen molar-refractivity contribution in [1.29, 1.82) is 0 Å². The first-order valence-electron chi connectivity index (χ1n) is 5.47. The maximum Gasteiger partial charge on any atom is 0.151 e. The second-order valence-corrected chi connectivity index (χ2v) is 4.71. The fourth-order valence-corrected chi connectivity index (χ4v) is 2.53. The minimum atomic E-state index is 0.694. The lowest BCUT2D eigenvalue weighted by atomic mass is 10.3. The third-order valence-corrected chi connectivity index (χ3v) is 3.66. The third kappa shape index (κ3) is 2.34. The summed E-state index contributed by atoms with van der Waals surface area (Å²) in [6.45, 7) is 2.79. The summed E-state index contributed by atoms with van der Waals surface area (Å²) in [5.74, 6) is 0. The predicted molar refractivity (Wildman–Crippen MR) is 69.2 cm³/mol. The molecule has 0 atom stereocenters. The molecule has 0 aromatic carbocycles. The van der Waals surface area contributed by atoms with Crippen molar-refractivity contribution in [1.82, 2.24) is 14.3 Å². The predicted octanol–water partition coefficient (Wildman–Crippen LogP) is 2.41. The molecule has 0 saturated heterocycles. The molecule has 2 aromatic heterocycles. The van der Waals surface area contributed by atoms with Crippen molar-refractivity contribution in [2.24, 2.45) is 7.05 Å². The Morgan fingerprint density at radius 1 is 1.53 bits per heavy atom. The zero-order chi connectivity index (χ0) is 12.4. The van der Waals surface area contributed by atoms with Gasteiger partial charge in [-0.1, -0.05) is 6.92 Å². The number of hydrogen-bond acceptors (Lipinski definition) is 2. The minimum absolute atomic E-state index is 0.694. The largest absolute Gasteiger partial charge is 0.348 e. The van der Waals surface area contributed by atoms with Crippen LogP contribution in [-0.2, 0) is 20.0 Å². The van der Waals surface area contributed by atoms with Crippen LogP contribution in [0.2, 0.25) is 0 Å². The van der Waals surface area contributed by atoms with Crippen LogP contribution in [0.1, 0.15) is 28.7 Å². The molecule has 0 bridgehead atoms. The molecule has 0 spiro atoms. The van der Waals surface area contributed by atoms with Crippen LogP contribution < -0.4 is 0 Å². The number of aldehydes is 1. The van der Waals surface area contributed by atoms with E-state index in [1.807, 2.05) is 28.7 Å². The minimum Gasteiger partial charge on any atom is -0.348 e. The quantitative estimate of drug-likeness (QED) is 0.813. The van der Waals surface area contributed by atoms with E-state index in [0.717, 1.165) is 28.6 Å². The highest BCUT2D eigenvalue weighted by molar-refractivity contribution is 9.10. The van der Waals surface area contributed by atoms with Gasteiger partial charge in [-0.15, -0.1) is 0 Å². The van der Waals surface area contributed by atoms with Gasteiger partial charge in [0, 0.05) is 25.0 Å². The lowest BCUT2D eigenvalue weighted by Gasteiger charge is -2.04. The maximum atomic E-state index is 10.6. The highest BCUT2D eigenvalue weighted by Gasteiger charge is 2.12. The summed E-state index contributed by atoms with van der Waals surface area (Å²) >= 11 is 3.58. The summed E-state index contributed by atoms with van der Waals surface area (Å²) in [7, 11) is 1.93. The summed E-state index contributed by atoms with van der Waals surface area (Å²) < 4.78 is 4.91. The average Bonchev–Trinajstić information content (AvgIpc) is 2.88. The molecule has 0 N–H and O–H groups in total. The van der Waals surface area contributed by atoms with E-state index in [1.165, 1.54) is 0 Å².